The molecule has 0 fully saturated rings. The molecule has 0 bridgehead atoms. The number of hydrogen-bond acceptors (Lipinski definition) is 0. The van der Waals surface area contributed by atoms with Gasteiger partial charge in [0.05, 0.1) is 10.2 Å². The lowest BCUT2D eigenvalue weighted by atomic mass is 10.2. The number of hydrogen-bond donors (Lipinski definition) is 0. The van der Waals surface area contributed by atoms with E-state index in [0.29, 0.717) is 0 Å². The number of aromatic nitrogens is 1. The highest BCUT2D eigenvalue weighted by Gasteiger charge is 1.98. The van der Waals surface area contributed by atoms with Crippen LogP contribution in [-0.4, -0.2) is 14.8 Å². The van der Waals surface area contributed by atoms with E-state index in [9.17, 15) is 0 Å². The molecular weight excluding hydrogens is 150 g/mol. The lowest BCUT2D eigenvalue weighted by Gasteiger charge is -1.96. The molecule has 0 atom stereocenters. The van der Waals surface area contributed by atoms with Gasteiger partial charge in [-0.05, 0) is 22.8 Å². The molecule has 0 saturated carbocycles. The van der Waals surface area contributed by atoms with Gasteiger partial charge in [0.15, 0.2) is 0 Å². The van der Waals surface area contributed by atoms with Crippen molar-refractivity contribution in [3.8, 4) is 0 Å². The lowest BCUT2D eigenvalue weighted by Crippen LogP contribution is -2.11. The summed E-state index contributed by atoms with van der Waals surface area (Å²) in [5.41, 5.74) is 1.26. The van der Waals surface area contributed by atoms with E-state index in [-0.39, 0.29) is 0 Å². The average molecular weight is 158 g/mol. The van der Waals surface area contributed by atoms with Crippen LogP contribution in [0.15, 0.2) is 30.3 Å². The topological polar surface area (TPSA) is 4.93 Å². The molecule has 0 aliphatic carbocycles. The number of fused-ring (bicyclic) bond motifs is 1. The monoisotopic (exact) mass is 158 g/mol. The molecule has 1 nitrogen and oxygen atoms in total. The summed E-state index contributed by atoms with van der Waals surface area (Å²) in [7, 11) is 5.57. The first-order valence-electron chi connectivity index (χ1n) is 3.55. The summed E-state index contributed by atoms with van der Waals surface area (Å²) in [4.78, 5) is 0. The summed E-state index contributed by atoms with van der Waals surface area (Å²) in [6.07, 6.45) is 0. The minimum atomic E-state index is 1.12. The second kappa shape index (κ2) is 2.24. The predicted octanol–water partition coefficient (Wildman–Crippen LogP) is 0.972. The highest BCUT2D eigenvalue weighted by atomic mass is 28.1. The number of nitrogens with zero attached hydrogens (tertiary/aromatic N) is 1. The van der Waals surface area contributed by atoms with Crippen LogP contribution in [-0.2, 0) is 7.05 Å². The number of benzene rings is 1. The van der Waals surface area contributed by atoms with Crippen molar-refractivity contribution in [2.24, 2.45) is 7.05 Å². The van der Waals surface area contributed by atoms with E-state index in [1.54, 1.807) is 0 Å². The maximum absolute atomic E-state index is 3.52. The van der Waals surface area contributed by atoms with Crippen molar-refractivity contribution in [3.63, 3.8) is 0 Å². The molecular formula is C9H8NSi. The Morgan fingerprint density at radius 2 is 2.00 bits per heavy atom. The molecule has 0 saturated heterocycles. The second-order valence-corrected chi connectivity index (χ2v) is 3.16. The minimum Gasteiger partial charge on any atom is -0.352 e. The fraction of sp³-hybridized carbons (Fsp3) is 0.111. The highest BCUT2D eigenvalue weighted by molar-refractivity contribution is 6.32. The Kier molecular flexibility index (Phi) is 1.36. The maximum atomic E-state index is 3.52. The third-order valence-corrected chi connectivity index (χ3v) is 2.43. The quantitative estimate of drug-likeness (QED) is 0.504. The Morgan fingerprint density at radius 3 is 2.73 bits per heavy atom. The molecule has 2 rings (SSSR count). The van der Waals surface area contributed by atoms with E-state index in [1.165, 1.54) is 10.9 Å². The van der Waals surface area contributed by atoms with Gasteiger partial charge in [-0.15, -0.1) is 0 Å². The van der Waals surface area contributed by atoms with Gasteiger partial charge < -0.3 is 4.57 Å². The predicted molar refractivity (Wildman–Crippen MR) is 48.3 cm³/mol. The minimum absolute atomic E-state index is 1.12. The molecule has 1 aromatic carbocycles. The Morgan fingerprint density at radius 1 is 1.27 bits per heavy atom. The summed E-state index contributed by atoms with van der Waals surface area (Å²) in [6, 6.07) is 10.4. The van der Waals surface area contributed by atoms with Crippen molar-refractivity contribution >= 4 is 26.5 Å². The van der Waals surface area contributed by atoms with Gasteiger partial charge in [0.25, 0.3) is 0 Å². The van der Waals surface area contributed by atoms with Crippen molar-refractivity contribution in [1.82, 2.24) is 4.57 Å². The van der Waals surface area contributed by atoms with Gasteiger partial charge in [-0.1, -0.05) is 18.2 Å². The van der Waals surface area contributed by atoms with Crippen LogP contribution in [0, 0.1) is 0 Å². The van der Waals surface area contributed by atoms with Crippen LogP contribution in [0.3, 0.4) is 0 Å². The zero-order chi connectivity index (χ0) is 7.84. The van der Waals surface area contributed by atoms with Crippen molar-refractivity contribution in [2.45, 2.75) is 0 Å². The van der Waals surface area contributed by atoms with Crippen molar-refractivity contribution in [3.05, 3.63) is 30.3 Å². The fourth-order valence-corrected chi connectivity index (χ4v) is 1.56. The van der Waals surface area contributed by atoms with Crippen molar-refractivity contribution in [1.29, 1.82) is 0 Å². The smallest absolute Gasteiger partial charge is 0.0965 e. The molecule has 2 aromatic rings. The van der Waals surface area contributed by atoms with Gasteiger partial charge >= 0.3 is 0 Å². The summed E-state index contributed by atoms with van der Waals surface area (Å²) in [5.74, 6) is 0. The van der Waals surface area contributed by atoms with Gasteiger partial charge in [0, 0.05) is 12.6 Å². The van der Waals surface area contributed by atoms with Crippen molar-refractivity contribution in [2.75, 3.05) is 0 Å². The van der Waals surface area contributed by atoms with Crippen LogP contribution in [0.2, 0.25) is 0 Å². The first-order valence-corrected chi connectivity index (χ1v) is 4.05. The summed E-state index contributed by atoms with van der Waals surface area (Å²) in [5, 5.41) is 2.39. The molecule has 0 aliphatic heterocycles. The van der Waals surface area contributed by atoms with Crippen LogP contribution in [0.25, 0.3) is 10.9 Å². The summed E-state index contributed by atoms with van der Waals surface area (Å²) in [6.45, 7) is 0. The number of aryl methyl sites for hydroxylation is 1. The molecule has 0 amide bonds. The number of rotatable bonds is 0. The van der Waals surface area contributed by atoms with Gasteiger partial charge in [0.2, 0.25) is 0 Å². The molecule has 0 spiro atoms. The van der Waals surface area contributed by atoms with Crippen LogP contribution in [0.1, 0.15) is 0 Å². The molecule has 3 radical (unpaired) electrons. The molecule has 0 N–H and O–H groups in total. The van der Waals surface area contributed by atoms with Gasteiger partial charge in [-0.3, -0.25) is 0 Å². The summed E-state index contributed by atoms with van der Waals surface area (Å²) < 4.78 is 2.12. The molecule has 1 aromatic heterocycles. The fourth-order valence-electron chi connectivity index (χ4n) is 1.29. The zero-order valence-corrected chi connectivity index (χ0v) is 7.33. The van der Waals surface area contributed by atoms with Crippen LogP contribution in [0.4, 0.5) is 0 Å². The second-order valence-electron chi connectivity index (χ2n) is 2.65. The third kappa shape index (κ3) is 0.905. The van der Waals surface area contributed by atoms with E-state index < -0.39 is 0 Å². The highest BCUT2D eigenvalue weighted by Crippen LogP contribution is 2.10. The first kappa shape index (κ1) is 6.67. The van der Waals surface area contributed by atoms with Crippen LogP contribution in [0.5, 0.6) is 0 Å². The maximum Gasteiger partial charge on any atom is 0.0965 e. The van der Waals surface area contributed by atoms with Crippen LogP contribution < -0.4 is 5.32 Å². The lowest BCUT2D eigenvalue weighted by molar-refractivity contribution is 1.00. The van der Waals surface area contributed by atoms with E-state index in [1.807, 2.05) is 19.2 Å². The van der Waals surface area contributed by atoms with Gasteiger partial charge in [-0.2, -0.15) is 0 Å². The Balaban J connectivity index is 2.92. The molecule has 1 heterocycles. The Labute approximate surface area is 69.1 Å². The Hall–Kier alpha value is -1.02. The average Bonchev–Trinajstić information content (AvgIpc) is 2.30. The number of para-hydroxylation sites is 1. The van der Waals surface area contributed by atoms with E-state index in [0.717, 1.165) is 5.32 Å². The standard InChI is InChI=1S/C9H8NSi/c1-10-8-5-3-2-4-7(8)6-9(10)11/h2-6H,1H3. The van der Waals surface area contributed by atoms with E-state index >= 15 is 0 Å². The van der Waals surface area contributed by atoms with E-state index in [2.05, 4.69) is 33.0 Å². The SMILES string of the molecule is Cn1c([Si])cc2ccccc21. The summed E-state index contributed by atoms with van der Waals surface area (Å²) >= 11 is 0. The largest absolute Gasteiger partial charge is 0.352 e. The molecule has 53 valence electrons. The van der Waals surface area contributed by atoms with E-state index in [4.69, 9.17) is 0 Å². The van der Waals surface area contributed by atoms with Gasteiger partial charge in [-0.25, -0.2) is 0 Å². The van der Waals surface area contributed by atoms with Gasteiger partial charge in [0.1, 0.15) is 0 Å². The normalized spacial score (nSPS) is 10.7. The van der Waals surface area contributed by atoms with Crippen molar-refractivity contribution < 1.29 is 0 Å². The van der Waals surface area contributed by atoms with Crippen LogP contribution >= 0.6 is 0 Å². The zero-order valence-electron chi connectivity index (χ0n) is 6.33. The molecule has 2 heteroatoms. The molecule has 11 heavy (non-hydrogen) atoms. The third-order valence-electron chi connectivity index (χ3n) is 1.95. The molecule has 0 unspecified atom stereocenters. The Bertz CT molecular complexity index is 389. The first-order chi connectivity index (χ1) is 5.29. The molecule has 0 aliphatic rings.